The predicted octanol–water partition coefficient (Wildman–Crippen LogP) is 5.04. The van der Waals surface area contributed by atoms with Crippen LogP contribution in [-0.4, -0.2) is 31.0 Å². The summed E-state index contributed by atoms with van der Waals surface area (Å²) in [4.78, 5) is 14.7. The number of benzene rings is 1. The Morgan fingerprint density at radius 1 is 1.15 bits per heavy atom. The molecule has 0 N–H and O–H groups in total. The van der Waals surface area contributed by atoms with Gasteiger partial charge in [-0.3, -0.25) is 4.79 Å². The molecule has 1 aromatic heterocycles. The Kier molecular flexibility index (Phi) is 4.98. The van der Waals surface area contributed by atoms with Crippen LogP contribution in [0.1, 0.15) is 61.5 Å². The Balaban J connectivity index is 1.77. The number of likely N-dealkylation sites (tertiary alicyclic amines) is 1. The third-order valence-corrected chi connectivity index (χ3v) is 6.06. The number of rotatable bonds is 3. The van der Waals surface area contributed by atoms with Gasteiger partial charge in [0.2, 0.25) is 5.91 Å². The number of carbonyl (C=O) groups excluding carboxylic acids is 1. The molecule has 0 unspecified atom stereocenters. The van der Waals surface area contributed by atoms with E-state index in [9.17, 15) is 4.79 Å². The monoisotopic (exact) mass is 367 g/mol. The van der Waals surface area contributed by atoms with E-state index in [2.05, 4.69) is 13.0 Å². The average molecular weight is 367 g/mol. The zero-order chi connectivity index (χ0) is 19.0. The van der Waals surface area contributed by atoms with E-state index in [1.54, 1.807) is 13.2 Å². The highest BCUT2D eigenvalue weighted by Crippen LogP contribution is 2.41. The highest BCUT2D eigenvalue weighted by atomic mass is 16.5. The van der Waals surface area contributed by atoms with Crippen molar-refractivity contribution in [3.05, 3.63) is 34.6 Å². The number of hydrogen-bond acceptors (Lipinski definition) is 3. The molecule has 0 radical (unpaired) electrons. The molecule has 1 aliphatic carbocycles. The summed E-state index contributed by atoms with van der Waals surface area (Å²) < 4.78 is 11.9. The maximum absolute atomic E-state index is 12.7. The molecule has 27 heavy (non-hydrogen) atoms. The summed E-state index contributed by atoms with van der Waals surface area (Å²) in [6, 6.07) is 2.17. The van der Waals surface area contributed by atoms with Gasteiger partial charge in [0, 0.05) is 47.7 Å². The number of furan rings is 1. The van der Waals surface area contributed by atoms with Crippen LogP contribution in [-0.2, 0) is 17.6 Å². The van der Waals surface area contributed by atoms with E-state index in [4.69, 9.17) is 9.15 Å². The van der Waals surface area contributed by atoms with Crippen LogP contribution in [0.4, 0.5) is 0 Å². The van der Waals surface area contributed by atoms with Crippen molar-refractivity contribution in [1.82, 2.24) is 4.90 Å². The first-order valence-corrected chi connectivity index (χ1v) is 10.2. The molecule has 0 atom stereocenters. The van der Waals surface area contributed by atoms with Gasteiger partial charge in [-0.05, 0) is 64.0 Å². The van der Waals surface area contributed by atoms with Crippen molar-refractivity contribution in [3.63, 3.8) is 0 Å². The Bertz CT molecular complexity index is 900. The molecule has 144 valence electrons. The Morgan fingerprint density at radius 3 is 2.63 bits per heavy atom. The molecule has 0 bridgehead atoms. The van der Waals surface area contributed by atoms with Crippen molar-refractivity contribution in [2.75, 3.05) is 20.2 Å². The number of hydrogen-bond donors (Lipinski definition) is 0. The standard InChI is InChI=1S/C23H29NO3/c1-15(13-21(25)24-11-7-4-8-12-24)18-14-19-17-9-5-6-10-20(17)27-23(19)16(2)22(18)26-3/h13-14H,4-12H2,1-3H3/b15-13+. The lowest BCUT2D eigenvalue weighted by Crippen LogP contribution is -2.34. The quantitative estimate of drug-likeness (QED) is 0.714. The highest BCUT2D eigenvalue weighted by molar-refractivity contribution is 5.98. The van der Waals surface area contributed by atoms with Gasteiger partial charge in [0.1, 0.15) is 17.1 Å². The molecular formula is C23H29NO3. The molecule has 1 saturated heterocycles. The van der Waals surface area contributed by atoms with Crippen LogP contribution in [0, 0.1) is 6.92 Å². The van der Waals surface area contributed by atoms with Crippen LogP contribution in [0.25, 0.3) is 16.5 Å². The molecule has 1 aromatic carbocycles. The minimum Gasteiger partial charge on any atom is -0.496 e. The second kappa shape index (κ2) is 7.41. The van der Waals surface area contributed by atoms with E-state index in [1.807, 2.05) is 11.8 Å². The maximum Gasteiger partial charge on any atom is 0.246 e. The molecule has 2 aromatic rings. The zero-order valence-corrected chi connectivity index (χ0v) is 16.7. The van der Waals surface area contributed by atoms with Crippen LogP contribution < -0.4 is 4.74 Å². The van der Waals surface area contributed by atoms with Gasteiger partial charge in [-0.25, -0.2) is 0 Å². The normalized spacial score (nSPS) is 17.9. The van der Waals surface area contributed by atoms with Crippen LogP contribution >= 0.6 is 0 Å². The number of aryl methyl sites for hydroxylation is 3. The van der Waals surface area contributed by atoms with Crippen molar-refractivity contribution in [2.45, 2.75) is 58.8 Å². The summed E-state index contributed by atoms with van der Waals surface area (Å²) in [6.45, 7) is 5.80. The third-order valence-electron chi connectivity index (χ3n) is 6.06. The predicted molar refractivity (Wildman–Crippen MR) is 108 cm³/mol. The van der Waals surface area contributed by atoms with Gasteiger partial charge < -0.3 is 14.1 Å². The molecule has 2 aliphatic rings. The van der Waals surface area contributed by atoms with E-state index in [0.29, 0.717) is 0 Å². The van der Waals surface area contributed by atoms with Crippen LogP contribution in [0.15, 0.2) is 16.6 Å². The Hall–Kier alpha value is -2.23. The topological polar surface area (TPSA) is 42.7 Å². The number of methoxy groups -OCH3 is 1. The number of nitrogens with zero attached hydrogens (tertiary/aromatic N) is 1. The summed E-state index contributed by atoms with van der Waals surface area (Å²) in [7, 11) is 1.69. The molecule has 2 heterocycles. The lowest BCUT2D eigenvalue weighted by molar-refractivity contribution is -0.126. The number of carbonyl (C=O) groups is 1. The molecule has 1 aliphatic heterocycles. The first kappa shape index (κ1) is 18.1. The van der Waals surface area contributed by atoms with Gasteiger partial charge in [-0.1, -0.05) is 0 Å². The molecule has 0 saturated carbocycles. The average Bonchev–Trinajstić information content (AvgIpc) is 3.07. The Labute approximate surface area is 161 Å². The number of ether oxygens (including phenoxy) is 1. The van der Waals surface area contributed by atoms with Crippen molar-refractivity contribution in [1.29, 1.82) is 0 Å². The lowest BCUT2D eigenvalue weighted by Gasteiger charge is -2.25. The largest absolute Gasteiger partial charge is 0.496 e. The fourth-order valence-electron chi connectivity index (χ4n) is 4.56. The van der Waals surface area contributed by atoms with Crippen LogP contribution in [0.5, 0.6) is 5.75 Å². The molecule has 1 amide bonds. The first-order valence-electron chi connectivity index (χ1n) is 10.2. The number of amides is 1. The third kappa shape index (κ3) is 3.26. The zero-order valence-electron chi connectivity index (χ0n) is 16.7. The fourth-order valence-corrected chi connectivity index (χ4v) is 4.56. The Morgan fingerprint density at radius 2 is 1.89 bits per heavy atom. The maximum atomic E-state index is 12.7. The summed E-state index contributed by atoms with van der Waals surface area (Å²) in [5, 5.41) is 1.19. The van der Waals surface area contributed by atoms with E-state index in [1.165, 1.54) is 30.2 Å². The molecular weight excluding hydrogens is 338 g/mol. The van der Waals surface area contributed by atoms with Crippen molar-refractivity contribution in [2.24, 2.45) is 0 Å². The summed E-state index contributed by atoms with van der Waals surface area (Å²) in [5.41, 5.74) is 5.27. The van der Waals surface area contributed by atoms with E-state index in [-0.39, 0.29) is 5.91 Å². The van der Waals surface area contributed by atoms with Gasteiger partial charge >= 0.3 is 0 Å². The van der Waals surface area contributed by atoms with Crippen molar-refractivity contribution in [3.8, 4) is 5.75 Å². The van der Waals surface area contributed by atoms with Crippen LogP contribution in [0.3, 0.4) is 0 Å². The first-order chi connectivity index (χ1) is 13.1. The molecule has 1 fully saturated rings. The lowest BCUT2D eigenvalue weighted by atomic mass is 9.93. The smallest absolute Gasteiger partial charge is 0.246 e. The number of fused-ring (bicyclic) bond motifs is 3. The molecule has 4 heteroatoms. The number of piperidine rings is 1. The van der Waals surface area contributed by atoms with Crippen LogP contribution in [0.2, 0.25) is 0 Å². The summed E-state index contributed by atoms with van der Waals surface area (Å²) >= 11 is 0. The van der Waals surface area contributed by atoms with Gasteiger partial charge in [0.25, 0.3) is 0 Å². The number of allylic oxidation sites excluding steroid dienone is 1. The summed E-state index contributed by atoms with van der Waals surface area (Å²) in [6.07, 6.45) is 9.71. The van der Waals surface area contributed by atoms with E-state index < -0.39 is 0 Å². The molecule has 4 nitrogen and oxygen atoms in total. The van der Waals surface area contributed by atoms with Crippen molar-refractivity contribution >= 4 is 22.4 Å². The van der Waals surface area contributed by atoms with Gasteiger partial charge in [-0.2, -0.15) is 0 Å². The second-order valence-corrected chi connectivity index (χ2v) is 7.88. The van der Waals surface area contributed by atoms with E-state index >= 15 is 0 Å². The fraction of sp³-hybridized carbons (Fsp3) is 0.522. The molecule has 0 spiro atoms. The van der Waals surface area contributed by atoms with Gasteiger partial charge in [0.15, 0.2) is 0 Å². The van der Waals surface area contributed by atoms with E-state index in [0.717, 1.165) is 72.6 Å². The van der Waals surface area contributed by atoms with Gasteiger partial charge in [-0.15, -0.1) is 0 Å². The minimum absolute atomic E-state index is 0.112. The summed E-state index contributed by atoms with van der Waals surface area (Å²) in [5.74, 6) is 2.06. The SMILES string of the molecule is COc1c(/C(C)=C/C(=O)N2CCCCC2)cc2c3c(oc2c1C)CCCC3. The minimum atomic E-state index is 0.112. The van der Waals surface area contributed by atoms with Crippen molar-refractivity contribution < 1.29 is 13.9 Å². The molecule has 4 rings (SSSR count). The van der Waals surface area contributed by atoms with Gasteiger partial charge in [0.05, 0.1) is 7.11 Å². The second-order valence-electron chi connectivity index (χ2n) is 7.88. The highest BCUT2D eigenvalue weighted by Gasteiger charge is 2.23.